The quantitative estimate of drug-likeness (QED) is 0.627. The summed E-state index contributed by atoms with van der Waals surface area (Å²) in [6.45, 7) is 5.19. The molecular formula is C21H24N6O2S. The summed E-state index contributed by atoms with van der Waals surface area (Å²) in [5.74, 6) is 1.31. The molecular weight excluding hydrogens is 400 g/mol. The van der Waals surface area contributed by atoms with Gasteiger partial charge in [-0.3, -0.25) is 9.69 Å². The van der Waals surface area contributed by atoms with Crippen LogP contribution in [0.5, 0.6) is 0 Å². The van der Waals surface area contributed by atoms with Crippen LogP contribution in [0.25, 0.3) is 10.6 Å². The average Bonchev–Trinajstić information content (AvgIpc) is 3.22. The van der Waals surface area contributed by atoms with Crippen molar-refractivity contribution in [1.82, 2.24) is 24.8 Å². The Morgan fingerprint density at radius 2 is 2.00 bits per heavy atom. The summed E-state index contributed by atoms with van der Waals surface area (Å²) in [6.07, 6.45) is 3.64. The predicted octanol–water partition coefficient (Wildman–Crippen LogP) is 2.29. The lowest BCUT2D eigenvalue weighted by Gasteiger charge is -2.33. The predicted molar refractivity (Wildman–Crippen MR) is 117 cm³/mol. The standard InChI is InChI=1S/C21H24N6O2S/c1-15-5-6-22-19(11-15)25-18-4-2-3-16(24-18)17-12-23-20(30-17)13-26-7-9-27(10-8-26)21(29)14-28/h2-6,11-12,28H,7-10,13-14H2,1H3,(H,22,24,25). The number of pyridine rings is 2. The van der Waals surface area contributed by atoms with Crippen molar-refractivity contribution >= 4 is 28.9 Å². The number of aryl methyl sites for hydroxylation is 1. The largest absolute Gasteiger partial charge is 0.387 e. The van der Waals surface area contributed by atoms with Crippen molar-refractivity contribution in [2.75, 3.05) is 38.1 Å². The first-order chi connectivity index (χ1) is 14.6. The number of hydrogen-bond donors (Lipinski definition) is 2. The molecule has 0 radical (unpaired) electrons. The molecule has 0 aliphatic carbocycles. The number of aliphatic hydroxyl groups is 1. The topological polar surface area (TPSA) is 94.5 Å². The third kappa shape index (κ3) is 4.99. The highest BCUT2D eigenvalue weighted by molar-refractivity contribution is 7.15. The van der Waals surface area contributed by atoms with Gasteiger partial charge in [0.05, 0.1) is 17.1 Å². The van der Waals surface area contributed by atoms with Gasteiger partial charge in [-0.05, 0) is 36.8 Å². The lowest BCUT2D eigenvalue weighted by molar-refractivity contribution is -0.135. The van der Waals surface area contributed by atoms with Gasteiger partial charge in [-0.1, -0.05) is 6.07 Å². The van der Waals surface area contributed by atoms with Gasteiger partial charge in [-0.15, -0.1) is 11.3 Å². The fourth-order valence-electron chi connectivity index (χ4n) is 3.33. The minimum Gasteiger partial charge on any atom is -0.387 e. The SMILES string of the molecule is Cc1ccnc(Nc2cccc(-c3cnc(CN4CCN(C(=O)CO)CC4)s3)n2)c1. The van der Waals surface area contributed by atoms with Crippen LogP contribution in [0.15, 0.2) is 42.7 Å². The molecule has 0 aromatic carbocycles. The van der Waals surface area contributed by atoms with Gasteiger partial charge in [0, 0.05) is 38.6 Å². The van der Waals surface area contributed by atoms with E-state index in [0.717, 1.165) is 52.4 Å². The molecule has 156 valence electrons. The van der Waals surface area contributed by atoms with Gasteiger partial charge >= 0.3 is 0 Å². The van der Waals surface area contributed by atoms with Crippen molar-refractivity contribution in [2.45, 2.75) is 13.5 Å². The van der Waals surface area contributed by atoms with E-state index in [1.165, 1.54) is 0 Å². The van der Waals surface area contributed by atoms with Crippen molar-refractivity contribution < 1.29 is 9.90 Å². The zero-order chi connectivity index (χ0) is 20.9. The number of anilines is 2. The number of piperazine rings is 1. The van der Waals surface area contributed by atoms with E-state index < -0.39 is 6.61 Å². The smallest absolute Gasteiger partial charge is 0.248 e. The Kier molecular flexibility index (Phi) is 6.32. The second kappa shape index (κ2) is 9.29. The van der Waals surface area contributed by atoms with E-state index in [1.807, 2.05) is 43.5 Å². The number of amides is 1. The van der Waals surface area contributed by atoms with Crippen molar-refractivity contribution in [3.63, 3.8) is 0 Å². The van der Waals surface area contributed by atoms with Crippen LogP contribution in [-0.2, 0) is 11.3 Å². The molecule has 9 heteroatoms. The Morgan fingerprint density at radius 3 is 2.77 bits per heavy atom. The molecule has 8 nitrogen and oxygen atoms in total. The van der Waals surface area contributed by atoms with E-state index in [-0.39, 0.29) is 5.91 Å². The lowest BCUT2D eigenvalue weighted by atomic mass is 10.3. The zero-order valence-corrected chi connectivity index (χ0v) is 17.6. The summed E-state index contributed by atoms with van der Waals surface area (Å²) in [5.41, 5.74) is 2.01. The molecule has 0 bridgehead atoms. The van der Waals surface area contributed by atoms with Crippen molar-refractivity contribution in [3.05, 3.63) is 53.3 Å². The second-order valence-electron chi connectivity index (χ2n) is 7.18. The summed E-state index contributed by atoms with van der Waals surface area (Å²) in [7, 11) is 0. The molecule has 1 aliphatic rings. The van der Waals surface area contributed by atoms with Gasteiger partial charge in [0.25, 0.3) is 0 Å². The zero-order valence-electron chi connectivity index (χ0n) is 16.8. The van der Waals surface area contributed by atoms with Crippen LogP contribution in [0.2, 0.25) is 0 Å². The van der Waals surface area contributed by atoms with Crippen LogP contribution in [0, 0.1) is 6.92 Å². The van der Waals surface area contributed by atoms with Crippen LogP contribution in [0.1, 0.15) is 10.6 Å². The van der Waals surface area contributed by atoms with Gasteiger partial charge in [-0.25, -0.2) is 15.0 Å². The molecule has 0 spiro atoms. The fourth-order valence-corrected chi connectivity index (χ4v) is 4.26. The summed E-state index contributed by atoms with van der Waals surface area (Å²) in [4.78, 5) is 30.2. The highest BCUT2D eigenvalue weighted by atomic mass is 32.1. The molecule has 4 rings (SSSR count). The molecule has 1 fully saturated rings. The Hall–Kier alpha value is -2.88. The van der Waals surface area contributed by atoms with Gasteiger partial charge < -0.3 is 15.3 Å². The van der Waals surface area contributed by atoms with E-state index in [2.05, 4.69) is 20.2 Å². The van der Waals surface area contributed by atoms with Crippen LogP contribution < -0.4 is 5.32 Å². The number of aliphatic hydroxyl groups excluding tert-OH is 1. The third-order valence-electron chi connectivity index (χ3n) is 4.95. The first-order valence-electron chi connectivity index (χ1n) is 9.83. The molecule has 2 N–H and O–H groups in total. The molecule has 0 saturated carbocycles. The van der Waals surface area contributed by atoms with Crippen molar-refractivity contribution in [2.24, 2.45) is 0 Å². The van der Waals surface area contributed by atoms with Gasteiger partial charge in [0.1, 0.15) is 23.3 Å². The maximum Gasteiger partial charge on any atom is 0.248 e. The summed E-state index contributed by atoms with van der Waals surface area (Å²) in [6, 6.07) is 9.80. The van der Waals surface area contributed by atoms with Crippen molar-refractivity contribution in [3.8, 4) is 10.6 Å². The summed E-state index contributed by atoms with van der Waals surface area (Å²) < 4.78 is 0. The van der Waals surface area contributed by atoms with Crippen LogP contribution in [0.4, 0.5) is 11.6 Å². The number of carbonyl (C=O) groups excluding carboxylic acids is 1. The highest BCUT2D eigenvalue weighted by Crippen LogP contribution is 2.27. The second-order valence-corrected chi connectivity index (χ2v) is 8.30. The third-order valence-corrected chi connectivity index (χ3v) is 5.95. The number of nitrogens with one attached hydrogen (secondary N) is 1. The normalized spacial score (nSPS) is 14.7. The Morgan fingerprint density at radius 1 is 1.17 bits per heavy atom. The van der Waals surface area contributed by atoms with Gasteiger partial charge in [-0.2, -0.15) is 0 Å². The van der Waals surface area contributed by atoms with E-state index >= 15 is 0 Å². The summed E-state index contributed by atoms with van der Waals surface area (Å²) >= 11 is 1.63. The van der Waals surface area contributed by atoms with Crippen LogP contribution in [-0.4, -0.2) is 68.6 Å². The molecule has 1 amide bonds. The maximum absolute atomic E-state index is 11.6. The van der Waals surface area contributed by atoms with E-state index in [0.29, 0.717) is 13.1 Å². The monoisotopic (exact) mass is 424 g/mol. The molecule has 3 aromatic rings. The number of hydrogen-bond acceptors (Lipinski definition) is 8. The number of thiazole rings is 1. The lowest BCUT2D eigenvalue weighted by Crippen LogP contribution is -2.49. The van der Waals surface area contributed by atoms with Crippen molar-refractivity contribution in [1.29, 1.82) is 0 Å². The fraction of sp³-hybridized carbons (Fsp3) is 0.333. The molecule has 1 aliphatic heterocycles. The number of nitrogens with zero attached hydrogens (tertiary/aromatic N) is 5. The Labute approximate surface area is 179 Å². The number of rotatable bonds is 6. The molecule has 3 aromatic heterocycles. The molecule has 30 heavy (non-hydrogen) atoms. The van der Waals surface area contributed by atoms with E-state index in [4.69, 9.17) is 10.1 Å². The van der Waals surface area contributed by atoms with Gasteiger partial charge in [0.2, 0.25) is 5.91 Å². The first kappa shape index (κ1) is 20.4. The molecule has 0 atom stereocenters. The summed E-state index contributed by atoms with van der Waals surface area (Å²) in [5, 5.41) is 13.3. The maximum atomic E-state index is 11.6. The average molecular weight is 425 g/mol. The minimum atomic E-state index is -0.420. The van der Waals surface area contributed by atoms with Crippen LogP contribution >= 0.6 is 11.3 Å². The number of carbonyl (C=O) groups is 1. The van der Waals surface area contributed by atoms with E-state index in [9.17, 15) is 4.79 Å². The first-order valence-corrected chi connectivity index (χ1v) is 10.6. The van der Waals surface area contributed by atoms with E-state index in [1.54, 1.807) is 22.4 Å². The molecule has 4 heterocycles. The van der Waals surface area contributed by atoms with Crippen LogP contribution in [0.3, 0.4) is 0 Å². The highest BCUT2D eigenvalue weighted by Gasteiger charge is 2.21. The minimum absolute atomic E-state index is 0.202. The Balaban J connectivity index is 1.39. The number of aromatic nitrogens is 3. The molecule has 1 saturated heterocycles. The van der Waals surface area contributed by atoms with Gasteiger partial charge in [0.15, 0.2) is 0 Å². The molecule has 0 unspecified atom stereocenters. The Bertz CT molecular complexity index is 1020.